The molecule has 3 rings (SSSR count). The van der Waals surface area contributed by atoms with Crippen LogP contribution < -0.4 is 9.64 Å². The summed E-state index contributed by atoms with van der Waals surface area (Å²) in [5.74, 6) is -0.0680. The predicted octanol–water partition coefficient (Wildman–Crippen LogP) is 3.69. The molecule has 0 N–H and O–H groups in total. The number of hydrogen-bond acceptors (Lipinski definition) is 7. The smallest absolute Gasteiger partial charge is 0.338 e. The number of carbonyl (C=O) groups is 2. The van der Waals surface area contributed by atoms with Crippen LogP contribution in [0.3, 0.4) is 0 Å². The molecule has 2 aromatic carbocycles. The zero-order chi connectivity index (χ0) is 21.7. The molecular weight excluding hydrogens is 402 g/mol. The van der Waals surface area contributed by atoms with Crippen LogP contribution in [0.2, 0.25) is 0 Å². The van der Waals surface area contributed by atoms with E-state index < -0.39 is 5.97 Å². The average Bonchev–Trinajstić information content (AvgIpc) is 3.16. The van der Waals surface area contributed by atoms with Crippen LogP contribution in [-0.2, 0) is 4.74 Å². The average molecular weight is 428 g/mol. The van der Waals surface area contributed by atoms with Crippen LogP contribution in [0.5, 0.6) is 5.75 Å². The predicted molar refractivity (Wildman–Crippen MR) is 119 cm³/mol. The molecule has 0 aliphatic rings. The Morgan fingerprint density at radius 1 is 1.07 bits per heavy atom. The van der Waals surface area contributed by atoms with Crippen molar-refractivity contribution in [3.05, 3.63) is 53.6 Å². The molecule has 0 unspecified atom stereocenters. The van der Waals surface area contributed by atoms with Crippen molar-refractivity contribution < 1.29 is 19.1 Å². The van der Waals surface area contributed by atoms with Crippen molar-refractivity contribution >= 4 is 38.6 Å². The summed E-state index contributed by atoms with van der Waals surface area (Å²) in [6.45, 7) is 3.59. The molecule has 1 aromatic heterocycles. The van der Waals surface area contributed by atoms with E-state index in [-0.39, 0.29) is 17.0 Å². The number of carbonyl (C=O) groups excluding carboxylic acids is 2. The maximum Gasteiger partial charge on any atom is 0.338 e. The van der Waals surface area contributed by atoms with E-state index in [1.807, 2.05) is 44.1 Å². The van der Waals surface area contributed by atoms with Crippen molar-refractivity contribution in [2.24, 2.45) is 0 Å². The first-order valence-corrected chi connectivity index (χ1v) is 10.4. The Morgan fingerprint density at radius 2 is 1.80 bits per heavy atom. The molecule has 0 saturated heterocycles. The van der Waals surface area contributed by atoms with E-state index in [9.17, 15) is 9.59 Å². The second-order valence-corrected chi connectivity index (χ2v) is 7.87. The van der Waals surface area contributed by atoms with E-state index in [0.717, 1.165) is 16.0 Å². The van der Waals surface area contributed by atoms with E-state index in [1.54, 1.807) is 29.2 Å². The van der Waals surface area contributed by atoms with Crippen LogP contribution in [0.4, 0.5) is 5.13 Å². The van der Waals surface area contributed by atoms with Gasteiger partial charge >= 0.3 is 5.97 Å². The quantitative estimate of drug-likeness (QED) is 0.511. The fourth-order valence-electron chi connectivity index (χ4n) is 2.95. The van der Waals surface area contributed by atoms with Gasteiger partial charge in [0.2, 0.25) is 0 Å². The van der Waals surface area contributed by atoms with Crippen molar-refractivity contribution in [3.8, 4) is 5.75 Å². The number of esters is 1. The number of likely N-dealkylation sites (N-methyl/N-ethyl adjacent to an activating group) is 1. The molecule has 0 bridgehead atoms. The molecule has 0 fully saturated rings. The van der Waals surface area contributed by atoms with Crippen LogP contribution in [0.25, 0.3) is 10.2 Å². The first-order chi connectivity index (χ1) is 14.4. The Hall–Kier alpha value is -2.97. The zero-order valence-corrected chi connectivity index (χ0v) is 18.4. The largest absolute Gasteiger partial charge is 0.494 e. The standard InChI is InChI=1S/C22H25N3O4S/c1-5-29-15-10-11-18-19(14-15)30-22(23-18)25(13-12-24(2)3)20(26)16-8-6-7-9-17(16)21(27)28-4/h6-11,14H,5,12-13H2,1-4H3. The monoisotopic (exact) mass is 427 g/mol. The van der Waals surface area contributed by atoms with Gasteiger partial charge in [-0.05, 0) is 51.4 Å². The minimum absolute atomic E-state index is 0.236. The van der Waals surface area contributed by atoms with Crippen LogP contribution in [-0.4, -0.2) is 62.7 Å². The molecule has 30 heavy (non-hydrogen) atoms. The molecule has 0 radical (unpaired) electrons. The zero-order valence-electron chi connectivity index (χ0n) is 17.5. The maximum absolute atomic E-state index is 13.5. The number of rotatable bonds is 8. The summed E-state index contributed by atoms with van der Waals surface area (Å²) < 4.78 is 11.4. The Kier molecular flexibility index (Phi) is 7.02. The summed E-state index contributed by atoms with van der Waals surface area (Å²) in [4.78, 5) is 33.9. The number of anilines is 1. The Morgan fingerprint density at radius 3 is 2.47 bits per heavy atom. The lowest BCUT2D eigenvalue weighted by Gasteiger charge is -2.22. The molecule has 7 nitrogen and oxygen atoms in total. The number of ether oxygens (including phenoxy) is 2. The molecule has 0 aliphatic heterocycles. The number of benzene rings is 2. The van der Waals surface area contributed by atoms with Gasteiger partial charge in [-0.2, -0.15) is 0 Å². The number of amides is 1. The minimum atomic E-state index is -0.544. The van der Waals surface area contributed by atoms with E-state index in [4.69, 9.17) is 9.47 Å². The summed E-state index contributed by atoms with van der Waals surface area (Å²) in [6, 6.07) is 12.4. The van der Waals surface area contributed by atoms with Gasteiger partial charge in [-0.15, -0.1) is 0 Å². The van der Waals surface area contributed by atoms with E-state index in [2.05, 4.69) is 4.98 Å². The van der Waals surface area contributed by atoms with Crippen molar-refractivity contribution in [1.82, 2.24) is 9.88 Å². The van der Waals surface area contributed by atoms with Crippen molar-refractivity contribution in [2.45, 2.75) is 6.92 Å². The van der Waals surface area contributed by atoms with Crippen LogP contribution in [0, 0.1) is 0 Å². The van der Waals surface area contributed by atoms with Crippen molar-refractivity contribution in [2.75, 3.05) is 45.8 Å². The van der Waals surface area contributed by atoms with Crippen molar-refractivity contribution in [3.63, 3.8) is 0 Å². The first kappa shape index (κ1) is 21.7. The molecule has 0 aliphatic carbocycles. The van der Waals surface area contributed by atoms with Gasteiger partial charge < -0.3 is 14.4 Å². The van der Waals surface area contributed by atoms with Crippen LogP contribution >= 0.6 is 11.3 Å². The van der Waals surface area contributed by atoms with Crippen molar-refractivity contribution in [1.29, 1.82) is 0 Å². The summed E-state index contributed by atoms with van der Waals surface area (Å²) in [5, 5.41) is 0.574. The van der Waals surface area contributed by atoms with Gasteiger partial charge in [0.05, 0.1) is 35.1 Å². The highest BCUT2D eigenvalue weighted by atomic mass is 32.1. The number of aromatic nitrogens is 1. The molecule has 158 valence electrons. The fourth-order valence-corrected chi connectivity index (χ4v) is 3.97. The first-order valence-electron chi connectivity index (χ1n) is 9.62. The Bertz CT molecular complexity index is 1050. The second kappa shape index (κ2) is 9.69. The highest BCUT2D eigenvalue weighted by Crippen LogP contribution is 2.32. The minimum Gasteiger partial charge on any atom is -0.494 e. The molecule has 0 atom stereocenters. The summed E-state index contributed by atoms with van der Waals surface area (Å²) >= 11 is 1.42. The highest BCUT2D eigenvalue weighted by Gasteiger charge is 2.25. The van der Waals surface area contributed by atoms with E-state index in [1.165, 1.54) is 18.4 Å². The normalized spacial score (nSPS) is 11.0. The fraction of sp³-hybridized carbons (Fsp3) is 0.318. The summed E-state index contributed by atoms with van der Waals surface area (Å²) in [6.07, 6.45) is 0. The van der Waals surface area contributed by atoms with E-state index >= 15 is 0 Å². The van der Waals surface area contributed by atoms with Crippen LogP contribution in [0.15, 0.2) is 42.5 Å². The number of hydrogen-bond donors (Lipinski definition) is 0. The van der Waals surface area contributed by atoms with E-state index in [0.29, 0.717) is 24.8 Å². The lowest BCUT2D eigenvalue weighted by molar-refractivity contribution is 0.0597. The second-order valence-electron chi connectivity index (χ2n) is 6.86. The molecule has 8 heteroatoms. The number of methoxy groups -OCH3 is 1. The molecule has 0 spiro atoms. The third-order valence-electron chi connectivity index (χ3n) is 4.47. The highest BCUT2D eigenvalue weighted by molar-refractivity contribution is 7.22. The van der Waals surface area contributed by atoms with Gasteiger partial charge in [-0.1, -0.05) is 23.5 Å². The molecule has 1 heterocycles. The van der Waals surface area contributed by atoms with Gasteiger partial charge in [-0.25, -0.2) is 9.78 Å². The Labute approximate surface area is 179 Å². The number of thiazole rings is 1. The summed E-state index contributed by atoms with van der Waals surface area (Å²) in [5.41, 5.74) is 1.32. The third kappa shape index (κ3) is 4.77. The molecule has 3 aromatic rings. The van der Waals surface area contributed by atoms with Gasteiger partial charge in [0.15, 0.2) is 5.13 Å². The van der Waals surface area contributed by atoms with Gasteiger partial charge in [-0.3, -0.25) is 9.69 Å². The number of fused-ring (bicyclic) bond motifs is 1. The van der Waals surface area contributed by atoms with Crippen LogP contribution in [0.1, 0.15) is 27.6 Å². The molecular formula is C22H25N3O4S. The van der Waals surface area contributed by atoms with Gasteiger partial charge in [0, 0.05) is 13.1 Å². The Balaban J connectivity index is 2.02. The topological polar surface area (TPSA) is 72.0 Å². The lowest BCUT2D eigenvalue weighted by atomic mass is 10.1. The van der Waals surface area contributed by atoms with Gasteiger partial charge in [0.25, 0.3) is 5.91 Å². The summed E-state index contributed by atoms with van der Waals surface area (Å²) in [7, 11) is 5.19. The number of nitrogens with zero attached hydrogens (tertiary/aromatic N) is 3. The lowest BCUT2D eigenvalue weighted by Crippen LogP contribution is -2.37. The molecule has 0 saturated carbocycles. The van der Waals surface area contributed by atoms with Gasteiger partial charge in [0.1, 0.15) is 5.75 Å². The third-order valence-corrected chi connectivity index (χ3v) is 5.51. The maximum atomic E-state index is 13.5. The SMILES string of the molecule is CCOc1ccc2nc(N(CCN(C)C)C(=O)c3ccccc3C(=O)OC)sc2c1. The molecule has 1 amide bonds.